The highest BCUT2D eigenvalue weighted by atomic mass is 32.1. The minimum absolute atomic E-state index is 0.103. The number of thiophene rings is 1. The van der Waals surface area contributed by atoms with E-state index in [9.17, 15) is 0 Å². The van der Waals surface area contributed by atoms with Crippen molar-refractivity contribution in [3.63, 3.8) is 0 Å². The summed E-state index contributed by atoms with van der Waals surface area (Å²) in [6.45, 7) is 4.72. The van der Waals surface area contributed by atoms with E-state index in [-0.39, 0.29) is 5.41 Å². The van der Waals surface area contributed by atoms with Crippen LogP contribution < -0.4 is 4.90 Å². The van der Waals surface area contributed by atoms with Crippen molar-refractivity contribution in [2.45, 2.75) is 19.3 Å². The van der Waals surface area contributed by atoms with Crippen LogP contribution >= 0.6 is 11.3 Å². The fraction of sp³-hybridized carbons (Fsp3) is 0.0545. The monoisotopic (exact) mass is 745 g/mol. The fourth-order valence-corrected chi connectivity index (χ4v) is 10.6. The van der Waals surface area contributed by atoms with Gasteiger partial charge in [0.15, 0.2) is 0 Å². The molecular formula is C55H39NS. The lowest BCUT2D eigenvalue weighted by Crippen LogP contribution is -2.16. The second kappa shape index (κ2) is 13.2. The Balaban J connectivity index is 1.11. The SMILES string of the molecule is CC1(C)c2ccccc2-c2ccc(N(c3ccc(-c4ccccc4)cc3)c3ccc(-c4c(-c5ccccc5)c5c6ccccc6sc5c5ccccc45)cc3)cc21. The molecule has 0 aliphatic heterocycles. The largest absolute Gasteiger partial charge is 0.310 e. The molecule has 57 heavy (non-hydrogen) atoms. The van der Waals surface area contributed by atoms with Crippen LogP contribution in [0.5, 0.6) is 0 Å². The van der Waals surface area contributed by atoms with Crippen molar-refractivity contribution in [2.75, 3.05) is 4.90 Å². The van der Waals surface area contributed by atoms with Crippen LogP contribution in [0.4, 0.5) is 17.1 Å². The van der Waals surface area contributed by atoms with E-state index in [4.69, 9.17) is 0 Å². The second-order valence-corrected chi connectivity index (χ2v) is 16.7. The highest BCUT2D eigenvalue weighted by Crippen LogP contribution is 2.52. The summed E-state index contributed by atoms with van der Waals surface area (Å²) in [5, 5.41) is 5.22. The molecule has 0 spiro atoms. The van der Waals surface area contributed by atoms with E-state index in [1.165, 1.54) is 86.6 Å². The summed E-state index contributed by atoms with van der Waals surface area (Å²) in [6.07, 6.45) is 0. The molecule has 9 aromatic carbocycles. The Labute approximate surface area is 337 Å². The third-order valence-corrected chi connectivity index (χ3v) is 13.3. The Kier molecular flexibility index (Phi) is 7.77. The number of hydrogen-bond donors (Lipinski definition) is 0. The number of fused-ring (bicyclic) bond motifs is 8. The molecule has 0 atom stereocenters. The zero-order valence-corrected chi connectivity index (χ0v) is 32.7. The van der Waals surface area contributed by atoms with Crippen LogP contribution in [0.25, 0.3) is 75.5 Å². The van der Waals surface area contributed by atoms with Crippen molar-refractivity contribution >= 4 is 59.3 Å². The molecule has 270 valence electrons. The summed E-state index contributed by atoms with van der Waals surface area (Å²) in [6, 6.07) is 73.7. The van der Waals surface area contributed by atoms with Crippen LogP contribution in [-0.2, 0) is 5.41 Å². The first kappa shape index (κ1) is 33.6. The van der Waals surface area contributed by atoms with Gasteiger partial charge in [0.1, 0.15) is 0 Å². The van der Waals surface area contributed by atoms with Crippen LogP contribution in [0.1, 0.15) is 25.0 Å². The molecule has 0 N–H and O–H groups in total. The summed E-state index contributed by atoms with van der Waals surface area (Å²) in [5.74, 6) is 0. The van der Waals surface area contributed by atoms with Gasteiger partial charge in [0.05, 0.1) is 0 Å². The third-order valence-electron chi connectivity index (χ3n) is 12.1. The van der Waals surface area contributed by atoms with E-state index in [0.717, 1.165) is 17.1 Å². The van der Waals surface area contributed by atoms with Gasteiger partial charge in [-0.1, -0.05) is 172 Å². The number of rotatable bonds is 6. The van der Waals surface area contributed by atoms with Crippen LogP contribution in [0.15, 0.2) is 200 Å². The maximum absolute atomic E-state index is 2.42. The minimum atomic E-state index is -0.103. The van der Waals surface area contributed by atoms with Crippen LogP contribution in [0.3, 0.4) is 0 Å². The van der Waals surface area contributed by atoms with Gasteiger partial charge in [0.25, 0.3) is 0 Å². The highest BCUT2D eigenvalue weighted by Gasteiger charge is 2.35. The highest BCUT2D eigenvalue weighted by molar-refractivity contribution is 7.26. The molecule has 1 aliphatic rings. The average molecular weight is 746 g/mol. The van der Waals surface area contributed by atoms with E-state index in [1.54, 1.807) is 0 Å². The molecule has 1 nitrogen and oxygen atoms in total. The molecule has 0 saturated carbocycles. The normalized spacial score (nSPS) is 12.9. The van der Waals surface area contributed by atoms with Gasteiger partial charge in [-0.15, -0.1) is 11.3 Å². The molecule has 1 heterocycles. The lowest BCUT2D eigenvalue weighted by Gasteiger charge is -2.28. The van der Waals surface area contributed by atoms with Gasteiger partial charge < -0.3 is 4.90 Å². The molecule has 10 aromatic rings. The van der Waals surface area contributed by atoms with Gasteiger partial charge in [0.2, 0.25) is 0 Å². The third kappa shape index (κ3) is 5.36. The van der Waals surface area contributed by atoms with Crippen molar-refractivity contribution in [1.82, 2.24) is 0 Å². The van der Waals surface area contributed by atoms with E-state index in [1.807, 2.05) is 11.3 Å². The molecule has 0 bridgehead atoms. The first-order valence-electron chi connectivity index (χ1n) is 19.8. The van der Waals surface area contributed by atoms with Crippen molar-refractivity contribution < 1.29 is 0 Å². The van der Waals surface area contributed by atoms with Crippen molar-refractivity contribution in [3.8, 4) is 44.5 Å². The molecule has 0 amide bonds. The van der Waals surface area contributed by atoms with E-state index in [2.05, 4.69) is 219 Å². The molecule has 11 rings (SSSR count). The Morgan fingerprint density at radius 1 is 0.386 bits per heavy atom. The Morgan fingerprint density at radius 3 is 1.61 bits per heavy atom. The molecule has 0 fully saturated rings. The maximum atomic E-state index is 2.42. The smallest absolute Gasteiger partial charge is 0.0465 e. The summed E-state index contributed by atoms with van der Waals surface area (Å²) in [7, 11) is 0. The lowest BCUT2D eigenvalue weighted by atomic mass is 9.82. The Hall–Kier alpha value is -6.74. The summed E-state index contributed by atoms with van der Waals surface area (Å²) in [5.41, 5.74) is 16.1. The van der Waals surface area contributed by atoms with E-state index in [0.29, 0.717) is 0 Å². The van der Waals surface area contributed by atoms with Crippen LogP contribution in [-0.4, -0.2) is 0 Å². The number of benzene rings is 9. The first-order valence-corrected chi connectivity index (χ1v) is 20.6. The summed E-state index contributed by atoms with van der Waals surface area (Å²) < 4.78 is 2.66. The molecule has 1 aromatic heterocycles. The number of hydrogen-bond acceptors (Lipinski definition) is 2. The van der Waals surface area contributed by atoms with E-state index < -0.39 is 0 Å². The minimum Gasteiger partial charge on any atom is -0.310 e. The van der Waals surface area contributed by atoms with Gasteiger partial charge in [0, 0.05) is 48.0 Å². The lowest BCUT2D eigenvalue weighted by molar-refractivity contribution is 0.660. The molecule has 0 radical (unpaired) electrons. The molecule has 0 saturated heterocycles. The number of nitrogens with zero attached hydrogens (tertiary/aromatic N) is 1. The van der Waals surface area contributed by atoms with Gasteiger partial charge >= 0.3 is 0 Å². The zero-order chi connectivity index (χ0) is 38.1. The summed E-state index contributed by atoms with van der Waals surface area (Å²) in [4.78, 5) is 2.42. The molecule has 0 unspecified atom stereocenters. The van der Waals surface area contributed by atoms with Crippen LogP contribution in [0.2, 0.25) is 0 Å². The molecule has 2 heteroatoms. The van der Waals surface area contributed by atoms with Gasteiger partial charge in [-0.2, -0.15) is 0 Å². The fourth-order valence-electron chi connectivity index (χ4n) is 9.32. The second-order valence-electron chi connectivity index (χ2n) is 15.7. The van der Waals surface area contributed by atoms with Gasteiger partial charge in [-0.3, -0.25) is 0 Å². The molecular weight excluding hydrogens is 707 g/mol. The van der Waals surface area contributed by atoms with Crippen molar-refractivity contribution in [2.24, 2.45) is 0 Å². The molecule has 1 aliphatic carbocycles. The quantitative estimate of drug-likeness (QED) is 0.164. The van der Waals surface area contributed by atoms with Gasteiger partial charge in [-0.25, -0.2) is 0 Å². The summed E-state index contributed by atoms with van der Waals surface area (Å²) >= 11 is 1.90. The topological polar surface area (TPSA) is 3.24 Å². The number of anilines is 3. The van der Waals surface area contributed by atoms with Crippen molar-refractivity contribution in [3.05, 3.63) is 211 Å². The average Bonchev–Trinajstić information content (AvgIpc) is 3.77. The Morgan fingerprint density at radius 2 is 0.895 bits per heavy atom. The predicted octanol–water partition coefficient (Wildman–Crippen LogP) is 16.0. The predicted molar refractivity (Wildman–Crippen MR) is 245 cm³/mol. The zero-order valence-electron chi connectivity index (χ0n) is 31.9. The van der Waals surface area contributed by atoms with Crippen molar-refractivity contribution in [1.29, 1.82) is 0 Å². The Bertz CT molecular complexity index is 3120. The van der Waals surface area contributed by atoms with E-state index >= 15 is 0 Å². The van der Waals surface area contributed by atoms with Crippen LogP contribution in [0, 0.1) is 0 Å². The maximum Gasteiger partial charge on any atom is 0.0465 e. The first-order chi connectivity index (χ1) is 28.0. The standard InChI is InChI=1S/C55H39NS/c1-55(2)48-23-13-11-19-43(48)44-34-33-42(35-49(44)55)56(40-29-25-37(26-30-40)36-15-5-3-6-16-36)41-31-27-39(28-32-41)51-45-20-9-10-21-46(45)54-53(47-22-12-14-24-50(47)57-54)52(51)38-17-7-4-8-18-38/h3-35H,1-2H3. The van der Waals surface area contributed by atoms with Gasteiger partial charge in [-0.05, 0) is 103 Å².